The molecule has 1 amide bonds. The summed E-state index contributed by atoms with van der Waals surface area (Å²) in [6, 6.07) is 7.04. The van der Waals surface area contributed by atoms with Crippen molar-refractivity contribution in [1.82, 2.24) is 9.78 Å². The van der Waals surface area contributed by atoms with E-state index in [-0.39, 0.29) is 0 Å². The molecule has 8 heteroatoms. The highest BCUT2D eigenvalue weighted by Gasteiger charge is 2.16. The number of ether oxygens (including phenoxy) is 1. The molecule has 0 bridgehead atoms. The molecule has 124 valence electrons. The number of carbonyl (C=O) groups excluding carboxylic acids is 1. The Hall–Kier alpha value is -1.86. The summed E-state index contributed by atoms with van der Waals surface area (Å²) in [5.41, 5.74) is 0.886. The molecule has 1 heterocycles. The highest BCUT2D eigenvalue weighted by molar-refractivity contribution is 7.81. The van der Waals surface area contributed by atoms with Gasteiger partial charge in [-0.25, -0.2) is 4.79 Å². The minimum Gasteiger partial charge on any atom is -0.444 e. The molecule has 1 aromatic heterocycles. The number of anilines is 2. The molecule has 0 atom stereocenters. The van der Waals surface area contributed by atoms with Crippen molar-refractivity contribution < 1.29 is 9.53 Å². The molecular formula is C15H19ClN4O2S. The van der Waals surface area contributed by atoms with Gasteiger partial charge in [0.2, 0.25) is 0 Å². The average Bonchev–Trinajstić information content (AvgIpc) is 2.88. The minimum absolute atomic E-state index is 0.470. The van der Waals surface area contributed by atoms with Crippen molar-refractivity contribution in [3.63, 3.8) is 0 Å². The van der Waals surface area contributed by atoms with Crippen LogP contribution in [0.25, 0.3) is 0 Å². The summed E-state index contributed by atoms with van der Waals surface area (Å²) >= 11 is 10.2. The Labute approximate surface area is 145 Å². The maximum absolute atomic E-state index is 11.8. The fraction of sp³-hybridized carbons (Fsp3) is 0.333. The van der Waals surface area contributed by atoms with Gasteiger partial charge in [0.15, 0.2) is 5.82 Å². The van der Waals surface area contributed by atoms with Gasteiger partial charge in [-0.15, -0.1) is 0 Å². The van der Waals surface area contributed by atoms with Gasteiger partial charge in [0.25, 0.3) is 0 Å². The first-order valence-corrected chi connectivity index (χ1v) is 7.81. The first-order valence-electron chi connectivity index (χ1n) is 6.99. The number of aromatic nitrogens is 2. The van der Waals surface area contributed by atoms with E-state index in [1.54, 1.807) is 28.9 Å². The molecule has 0 radical (unpaired) electrons. The summed E-state index contributed by atoms with van der Waals surface area (Å²) in [7, 11) is 0. The van der Waals surface area contributed by atoms with Crippen molar-refractivity contribution in [3.8, 4) is 0 Å². The normalized spacial score (nSPS) is 11.2. The van der Waals surface area contributed by atoms with E-state index < -0.39 is 11.7 Å². The minimum atomic E-state index is -0.551. The van der Waals surface area contributed by atoms with Crippen LogP contribution in [0.3, 0.4) is 0 Å². The quantitative estimate of drug-likeness (QED) is 0.720. The predicted octanol–water partition coefficient (Wildman–Crippen LogP) is 4.19. The molecule has 0 fully saturated rings. The number of halogens is 1. The summed E-state index contributed by atoms with van der Waals surface area (Å²) in [5, 5.41) is 7.55. The maximum Gasteiger partial charge on any atom is 0.412 e. The van der Waals surface area contributed by atoms with Crippen LogP contribution < -0.4 is 10.0 Å². The fourth-order valence-electron chi connectivity index (χ4n) is 1.88. The van der Waals surface area contributed by atoms with Gasteiger partial charge in [-0.3, -0.25) is 10.00 Å². The van der Waals surface area contributed by atoms with E-state index in [1.165, 1.54) is 0 Å². The number of benzene rings is 1. The van der Waals surface area contributed by atoms with Gasteiger partial charge in [-0.2, -0.15) is 5.10 Å². The molecule has 0 spiro atoms. The summed E-state index contributed by atoms with van der Waals surface area (Å²) in [5.74, 6) is 0.646. The lowest BCUT2D eigenvalue weighted by Crippen LogP contribution is -2.27. The standard InChI is InChI=1S/C15H19ClN4O2S/c1-15(2,3)22-14(21)17-11-4-5-12(16)10(8-11)9-20-7-6-13(18-20)19-23/h4-8,23H,9H2,1-3H3,(H,17,21)(H,18,19). The predicted molar refractivity (Wildman–Crippen MR) is 95.2 cm³/mol. The van der Waals surface area contributed by atoms with E-state index in [4.69, 9.17) is 16.3 Å². The van der Waals surface area contributed by atoms with Crippen LogP contribution >= 0.6 is 24.4 Å². The lowest BCUT2D eigenvalue weighted by Gasteiger charge is -2.20. The Morgan fingerprint density at radius 3 is 2.74 bits per heavy atom. The number of hydrogen-bond acceptors (Lipinski definition) is 5. The molecule has 2 N–H and O–H groups in total. The van der Waals surface area contributed by atoms with Crippen molar-refractivity contribution in [2.45, 2.75) is 32.9 Å². The second-order valence-electron chi connectivity index (χ2n) is 5.94. The molecule has 6 nitrogen and oxygen atoms in total. The van der Waals surface area contributed by atoms with Crippen LogP contribution in [-0.2, 0) is 11.3 Å². The molecule has 0 aliphatic rings. The van der Waals surface area contributed by atoms with Crippen molar-refractivity contribution in [2.24, 2.45) is 0 Å². The summed E-state index contributed by atoms with van der Waals surface area (Å²) in [6.07, 6.45) is 1.30. The number of rotatable bonds is 4. The van der Waals surface area contributed by atoms with Crippen LogP contribution in [0.5, 0.6) is 0 Å². The Kier molecular flexibility index (Phi) is 5.43. The molecule has 0 saturated heterocycles. The third-order valence-electron chi connectivity index (χ3n) is 2.78. The van der Waals surface area contributed by atoms with Crippen molar-refractivity contribution in [1.29, 1.82) is 0 Å². The average molecular weight is 355 g/mol. The van der Waals surface area contributed by atoms with Crippen LogP contribution in [0.15, 0.2) is 30.5 Å². The highest BCUT2D eigenvalue weighted by Crippen LogP contribution is 2.22. The largest absolute Gasteiger partial charge is 0.444 e. The summed E-state index contributed by atoms with van der Waals surface area (Å²) in [6.45, 7) is 5.90. The second kappa shape index (κ2) is 7.14. The van der Waals surface area contributed by atoms with E-state index in [1.807, 2.05) is 27.0 Å². The lowest BCUT2D eigenvalue weighted by atomic mass is 10.2. The van der Waals surface area contributed by atoms with Gasteiger partial charge in [-0.1, -0.05) is 24.4 Å². The zero-order valence-corrected chi connectivity index (χ0v) is 14.8. The first-order chi connectivity index (χ1) is 10.8. The Bertz CT molecular complexity index is 697. The fourth-order valence-corrected chi connectivity index (χ4v) is 2.18. The molecule has 23 heavy (non-hydrogen) atoms. The topological polar surface area (TPSA) is 68.2 Å². The molecular weight excluding hydrogens is 336 g/mol. The SMILES string of the molecule is CC(C)(C)OC(=O)Nc1ccc(Cl)c(Cn2ccc(NS)n2)c1. The Balaban J connectivity index is 2.10. The van der Waals surface area contributed by atoms with Crippen LogP contribution in [0.2, 0.25) is 5.02 Å². The molecule has 0 saturated carbocycles. The van der Waals surface area contributed by atoms with Gasteiger partial charge < -0.3 is 9.46 Å². The van der Waals surface area contributed by atoms with Gasteiger partial charge in [-0.05, 0) is 44.5 Å². The third kappa shape index (κ3) is 5.37. The second-order valence-corrected chi connectivity index (χ2v) is 6.57. The van der Waals surface area contributed by atoms with E-state index in [2.05, 4.69) is 28.0 Å². The lowest BCUT2D eigenvalue weighted by molar-refractivity contribution is 0.0636. The van der Waals surface area contributed by atoms with Gasteiger partial charge in [0.1, 0.15) is 5.60 Å². The smallest absolute Gasteiger partial charge is 0.412 e. The monoisotopic (exact) mass is 354 g/mol. The summed E-state index contributed by atoms with van der Waals surface area (Å²) < 4.78 is 9.61. The van der Waals surface area contributed by atoms with Crippen molar-refractivity contribution in [2.75, 3.05) is 10.0 Å². The molecule has 0 aliphatic heterocycles. The van der Waals surface area contributed by atoms with E-state index in [0.29, 0.717) is 23.1 Å². The Morgan fingerprint density at radius 1 is 1.39 bits per heavy atom. The number of nitrogens with one attached hydrogen (secondary N) is 2. The zero-order valence-electron chi connectivity index (χ0n) is 13.1. The molecule has 2 aromatic rings. The van der Waals surface area contributed by atoms with Crippen molar-refractivity contribution in [3.05, 3.63) is 41.0 Å². The zero-order chi connectivity index (χ0) is 17.0. The van der Waals surface area contributed by atoms with Crippen LogP contribution in [-0.4, -0.2) is 21.5 Å². The molecule has 1 aromatic carbocycles. The third-order valence-corrected chi connectivity index (χ3v) is 3.38. The number of carbonyl (C=O) groups is 1. The van der Waals surface area contributed by atoms with Gasteiger partial charge >= 0.3 is 6.09 Å². The van der Waals surface area contributed by atoms with Gasteiger partial charge in [0.05, 0.1) is 6.54 Å². The highest BCUT2D eigenvalue weighted by atomic mass is 35.5. The van der Waals surface area contributed by atoms with Crippen LogP contribution in [0.4, 0.5) is 16.3 Å². The van der Waals surface area contributed by atoms with Crippen LogP contribution in [0, 0.1) is 0 Å². The van der Waals surface area contributed by atoms with E-state index >= 15 is 0 Å². The molecule has 2 rings (SSSR count). The number of thiol groups is 1. The number of nitrogens with zero attached hydrogens (tertiary/aromatic N) is 2. The number of amides is 1. The maximum atomic E-state index is 11.8. The van der Waals surface area contributed by atoms with Gasteiger partial charge in [0, 0.05) is 23.0 Å². The summed E-state index contributed by atoms with van der Waals surface area (Å²) in [4.78, 5) is 11.8. The van der Waals surface area contributed by atoms with E-state index in [9.17, 15) is 4.79 Å². The molecule has 0 unspecified atom stereocenters. The number of hydrogen-bond donors (Lipinski definition) is 3. The Morgan fingerprint density at radius 2 is 2.13 bits per heavy atom. The van der Waals surface area contributed by atoms with Crippen LogP contribution in [0.1, 0.15) is 26.3 Å². The first kappa shape index (κ1) is 17.5. The molecule has 0 aliphatic carbocycles. The van der Waals surface area contributed by atoms with Crippen molar-refractivity contribution >= 4 is 42.0 Å². The van der Waals surface area contributed by atoms with E-state index in [0.717, 1.165) is 5.56 Å².